The molecule has 140 valence electrons. The van der Waals surface area contributed by atoms with Gasteiger partial charge < -0.3 is 9.80 Å². The van der Waals surface area contributed by atoms with Gasteiger partial charge in [0.2, 0.25) is 11.8 Å². The molecule has 0 aromatic heterocycles. The van der Waals surface area contributed by atoms with Crippen molar-refractivity contribution in [1.82, 2.24) is 14.7 Å². The number of likely N-dealkylation sites (tertiary alicyclic amines) is 1. The fourth-order valence-corrected chi connectivity index (χ4v) is 3.67. The van der Waals surface area contributed by atoms with Crippen LogP contribution in [-0.4, -0.2) is 72.3 Å². The smallest absolute Gasteiger partial charge is 0.246 e. The highest BCUT2D eigenvalue weighted by molar-refractivity contribution is 9.10. The number of piperidine rings is 1. The van der Waals surface area contributed by atoms with Crippen LogP contribution in [0.15, 0.2) is 34.8 Å². The minimum Gasteiger partial charge on any atom is -0.342 e. The highest BCUT2D eigenvalue weighted by Crippen LogP contribution is 2.13. The van der Waals surface area contributed by atoms with Crippen molar-refractivity contribution < 1.29 is 9.59 Å². The topological polar surface area (TPSA) is 43.9 Å². The van der Waals surface area contributed by atoms with Crippen LogP contribution in [0.3, 0.4) is 0 Å². The molecule has 5 nitrogen and oxygen atoms in total. The van der Waals surface area contributed by atoms with Gasteiger partial charge in [0, 0.05) is 49.8 Å². The number of rotatable bonds is 4. The Bertz CT molecular complexity index is 646. The Kier molecular flexibility index (Phi) is 6.86. The summed E-state index contributed by atoms with van der Waals surface area (Å²) in [5, 5.41) is 0. The molecule has 6 heteroatoms. The molecule has 2 amide bonds. The Hall–Kier alpha value is -1.66. The molecule has 3 rings (SSSR count). The lowest BCUT2D eigenvalue weighted by atomic mass is 10.1. The minimum atomic E-state index is 0.0370. The standard InChI is InChI=1S/C20H26BrN3O2/c21-18-7-4-17(5-8-18)6-9-19(25)24-14-12-22(13-15-24)16-20(26)23-10-2-1-3-11-23/h4-9H,1-3,10-16H2/b9-6+. The molecule has 2 heterocycles. The fraction of sp³-hybridized carbons (Fsp3) is 0.500. The Morgan fingerprint density at radius 1 is 0.885 bits per heavy atom. The number of nitrogens with zero attached hydrogens (tertiary/aromatic N) is 3. The van der Waals surface area contributed by atoms with Gasteiger partial charge in [0.05, 0.1) is 6.54 Å². The van der Waals surface area contributed by atoms with Crippen LogP contribution >= 0.6 is 15.9 Å². The molecular weight excluding hydrogens is 394 g/mol. The number of piperazine rings is 1. The molecule has 0 saturated carbocycles. The normalized spacial score (nSPS) is 19.1. The number of hydrogen-bond donors (Lipinski definition) is 0. The third kappa shape index (κ3) is 5.42. The first kappa shape index (κ1) is 19.1. The van der Waals surface area contributed by atoms with E-state index < -0.39 is 0 Å². The lowest BCUT2D eigenvalue weighted by Crippen LogP contribution is -2.51. The van der Waals surface area contributed by atoms with E-state index in [4.69, 9.17) is 0 Å². The quantitative estimate of drug-likeness (QED) is 0.704. The maximum Gasteiger partial charge on any atom is 0.246 e. The van der Waals surface area contributed by atoms with E-state index in [0.717, 1.165) is 49.1 Å². The third-order valence-electron chi connectivity index (χ3n) is 5.04. The summed E-state index contributed by atoms with van der Waals surface area (Å²) < 4.78 is 1.02. The van der Waals surface area contributed by atoms with Crippen molar-refractivity contribution in [3.05, 3.63) is 40.4 Å². The van der Waals surface area contributed by atoms with Crippen LogP contribution in [0.25, 0.3) is 6.08 Å². The molecule has 1 aromatic rings. The predicted octanol–water partition coefficient (Wildman–Crippen LogP) is 2.62. The Balaban J connectivity index is 1.43. The predicted molar refractivity (Wildman–Crippen MR) is 107 cm³/mol. The SMILES string of the molecule is O=C(/C=C/c1ccc(Br)cc1)N1CCN(CC(=O)N2CCCCC2)CC1. The first-order chi connectivity index (χ1) is 12.6. The first-order valence-corrected chi connectivity index (χ1v) is 10.1. The average molecular weight is 420 g/mol. The van der Waals surface area contributed by atoms with E-state index in [2.05, 4.69) is 20.8 Å². The minimum absolute atomic E-state index is 0.0370. The zero-order valence-electron chi connectivity index (χ0n) is 15.1. The van der Waals surface area contributed by atoms with Crippen LogP contribution in [0.5, 0.6) is 0 Å². The number of benzene rings is 1. The van der Waals surface area contributed by atoms with E-state index in [1.807, 2.05) is 40.1 Å². The molecule has 2 aliphatic heterocycles. The summed E-state index contributed by atoms with van der Waals surface area (Å²) in [6, 6.07) is 7.86. The number of halogens is 1. The monoisotopic (exact) mass is 419 g/mol. The number of amides is 2. The molecule has 0 bridgehead atoms. The van der Waals surface area contributed by atoms with Crippen LogP contribution in [0.4, 0.5) is 0 Å². The maximum absolute atomic E-state index is 12.4. The number of carbonyl (C=O) groups is 2. The van der Waals surface area contributed by atoms with Gasteiger partial charge in [0.15, 0.2) is 0 Å². The lowest BCUT2D eigenvalue weighted by Gasteiger charge is -2.35. The zero-order chi connectivity index (χ0) is 18.4. The molecule has 1 aromatic carbocycles. The van der Waals surface area contributed by atoms with Crippen LogP contribution in [0.1, 0.15) is 24.8 Å². The van der Waals surface area contributed by atoms with Crippen molar-refractivity contribution in [2.75, 3.05) is 45.8 Å². The summed E-state index contributed by atoms with van der Waals surface area (Å²) in [5.41, 5.74) is 1.01. The van der Waals surface area contributed by atoms with E-state index in [0.29, 0.717) is 19.6 Å². The molecule has 0 spiro atoms. The summed E-state index contributed by atoms with van der Waals surface area (Å²) in [6.45, 7) is 5.16. The van der Waals surface area contributed by atoms with Gasteiger partial charge in [0.25, 0.3) is 0 Å². The van der Waals surface area contributed by atoms with Gasteiger partial charge in [-0.25, -0.2) is 0 Å². The molecule has 0 N–H and O–H groups in total. The second-order valence-electron chi connectivity index (χ2n) is 6.93. The van der Waals surface area contributed by atoms with Crippen molar-refractivity contribution in [3.63, 3.8) is 0 Å². The van der Waals surface area contributed by atoms with Gasteiger partial charge in [-0.15, -0.1) is 0 Å². The Morgan fingerprint density at radius 3 is 2.19 bits per heavy atom. The first-order valence-electron chi connectivity index (χ1n) is 9.34. The summed E-state index contributed by atoms with van der Waals surface area (Å²) in [6.07, 6.45) is 6.97. The second kappa shape index (κ2) is 9.33. The van der Waals surface area contributed by atoms with E-state index in [9.17, 15) is 9.59 Å². The summed E-state index contributed by atoms with van der Waals surface area (Å²) in [4.78, 5) is 30.7. The lowest BCUT2D eigenvalue weighted by molar-refractivity contribution is -0.134. The van der Waals surface area contributed by atoms with Gasteiger partial charge in [-0.2, -0.15) is 0 Å². The van der Waals surface area contributed by atoms with Gasteiger partial charge >= 0.3 is 0 Å². The summed E-state index contributed by atoms with van der Waals surface area (Å²) in [7, 11) is 0. The van der Waals surface area contributed by atoms with E-state index >= 15 is 0 Å². The van der Waals surface area contributed by atoms with Crippen LogP contribution in [0, 0.1) is 0 Å². The van der Waals surface area contributed by atoms with Crippen LogP contribution in [0.2, 0.25) is 0 Å². The molecule has 2 fully saturated rings. The molecule has 26 heavy (non-hydrogen) atoms. The molecule has 0 aliphatic carbocycles. The van der Waals surface area contributed by atoms with Crippen molar-refractivity contribution in [2.45, 2.75) is 19.3 Å². The van der Waals surface area contributed by atoms with Crippen LogP contribution < -0.4 is 0 Å². The van der Waals surface area contributed by atoms with Crippen LogP contribution in [-0.2, 0) is 9.59 Å². The summed E-state index contributed by atoms with van der Waals surface area (Å²) in [5.74, 6) is 0.273. The Labute approximate surface area is 163 Å². The second-order valence-corrected chi connectivity index (χ2v) is 7.84. The molecule has 2 saturated heterocycles. The zero-order valence-corrected chi connectivity index (χ0v) is 16.7. The Morgan fingerprint density at radius 2 is 1.54 bits per heavy atom. The van der Waals surface area contributed by atoms with Crippen molar-refractivity contribution >= 4 is 33.8 Å². The van der Waals surface area contributed by atoms with Gasteiger partial charge in [-0.1, -0.05) is 28.1 Å². The average Bonchev–Trinajstić information content (AvgIpc) is 2.68. The summed E-state index contributed by atoms with van der Waals surface area (Å²) >= 11 is 3.40. The van der Waals surface area contributed by atoms with Crippen molar-refractivity contribution in [1.29, 1.82) is 0 Å². The molecule has 2 aliphatic rings. The highest BCUT2D eigenvalue weighted by atomic mass is 79.9. The molecule has 0 radical (unpaired) electrons. The van der Waals surface area contributed by atoms with E-state index in [1.54, 1.807) is 6.08 Å². The van der Waals surface area contributed by atoms with E-state index in [1.165, 1.54) is 6.42 Å². The van der Waals surface area contributed by atoms with Crippen molar-refractivity contribution in [2.24, 2.45) is 0 Å². The third-order valence-corrected chi connectivity index (χ3v) is 5.57. The van der Waals surface area contributed by atoms with Gasteiger partial charge in [-0.05, 0) is 43.0 Å². The molecular formula is C20H26BrN3O2. The maximum atomic E-state index is 12.4. The molecule has 0 unspecified atom stereocenters. The van der Waals surface area contributed by atoms with Crippen molar-refractivity contribution in [3.8, 4) is 0 Å². The number of carbonyl (C=O) groups excluding carboxylic acids is 2. The molecule has 0 atom stereocenters. The largest absolute Gasteiger partial charge is 0.342 e. The van der Waals surface area contributed by atoms with E-state index in [-0.39, 0.29) is 11.8 Å². The number of hydrogen-bond acceptors (Lipinski definition) is 3. The van der Waals surface area contributed by atoms with Gasteiger partial charge in [-0.3, -0.25) is 14.5 Å². The fourth-order valence-electron chi connectivity index (χ4n) is 3.41. The van der Waals surface area contributed by atoms with Gasteiger partial charge in [0.1, 0.15) is 0 Å². The highest BCUT2D eigenvalue weighted by Gasteiger charge is 2.23.